The Morgan fingerprint density at radius 2 is 1.87 bits per heavy atom. The van der Waals surface area contributed by atoms with Gasteiger partial charge in [-0.2, -0.15) is 9.29 Å². The molecule has 1 aliphatic rings. The summed E-state index contributed by atoms with van der Waals surface area (Å²) in [5.74, 6) is 0.865. The zero-order valence-corrected chi connectivity index (χ0v) is 18.0. The van der Waals surface area contributed by atoms with E-state index in [4.69, 9.17) is 4.52 Å². The van der Waals surface area contributed by atoms with E-state index >= 15 is 0 Å². The van der Waals surface area contributed by atoms with Crippen LogP contribution in [0.15, 0.2) is 62.4 Å². The standard InChI is InChI=1S/C19H17BrN4O5S/c20-15-5-3-4-14(12-15)18-21-19(29-22-18)13-8-10-23(11-9-13)30(27,28)17-7-2-1-6-16(17)24(25)26/h1-7,12-13H,8-11H2. The quantitative estimate of drug-likeness (QED) is 0.390. The van der Waals surface area contributed by atoms with Gasteiger partial charge in [0.15, 0.2) is 4.90 Å². The summed E-state index contributed by atoms with van der Waals surface area (Å²) in [4.78, 5) is 14.7. The lowest BCUT2D eigenvalue weighted by Gasteiger charge is -2.29. The molecular weight excluding hydrogens is 476 g/mol. The van der Waals surface area contributed by atoms with Gasteiger partial charge in [-0.25, -0.2) is 8.42 Å². The van der Waals surface area contributed by atoms with Crippen LogP contribution in [0.2, 0.25) is 0 Å². The molecule has 0 spiro atoms. The summed E-state index contributed by atoms with van der Waals surface area (Å²) in [5, 5.41) is 15.3. The Labute approximate surface area is 181 Å². The van der Waals surface area contributed by atoms with Crippen LogP contribution in [0.4, 0.5) is 5.69 Å². The molecule has 0 N–H and O–H groups in total. The van der Waals surface area contributed by atoms with Crippen molar-refractivity contribution in [2.45, 2.75) is 23.7 Å². The van der Waals surface area contributed by atoms with Crippen LogP contribution in [0.25, 0.3) is 11.4 Å². The van der Waals surface area contributed by atoms with Crippen LogP contribution in [0, 0.1) is 10.1 Å². The summed E-state index contributed by atoms with van der Waals surface area (Å²) < 4.78 is 33.5. The molecule has 3 aromatic rings. The van der Waals surface area contributed by atoms with Crippen molar-refractivity contribution >= 4 is 31.6 Å². The van der Waals surface area contributed by atoms with Gasteiger partial charge < -0.3 is 4.52 Å². The van der Waals surface area contributed by atoms with E-state index in [1.807, 2.05) is 24.3 Å². The first-order valence-corrected chi connectivity index (χ1v) is 11.4. The number of piperidine rings is 1. The molecule has 0 amide bonds. The molecule has 30 heavy (non-hydrogen) atoms. The fourth-order valence-corrected chi connectivity index (χ4v) is 5.48. The van der Waals surface area contributed by atoms with Gasteiger partial charge in [0.1, 0.15) is 0 Å². The fraction of sp³-hybridized carbons (Fsp3) is 0.263. The number of nitro benzene ring substituents is 1. The van der Waals surface area contributed by atoms with Crippen LogP contribution in [-0.4, -0.2) is 40.9 Å². The van der Waals surface area contributed by atoms with Crippen molar-refractivity contribution in [1.82, 2.24) is 14.4 Å². The molecule has 0 saturated carbocycles. The van der Waals surface area contributed by atoms with Crippen molar-refractivity contribution in [3.8, 4) is 11.4 Å². The molecule has 0 radical (unpaired) electrons. The van der Waals surface area contributed by atoms with E-state index in [2.05, 4.69) is 26.1 Å². The molecule has 1 saturated heterocycles. The van der Waals surface area contributed by atoms with Gasteiger partial charge in [-0.3, -0.25) is 10.1 Å². The monoisotopic (exact) mass is 492 g/mol. The van der Waals surface area contributed by atoms with Gasteiger partial charge in [0.05, 0.1) is 4.92 Å². The van der Waals surface area contributed by atoms with Crippen molar-refractivity contribution in [3.63, 3.8) is 0 Å². The van der Waals surface area contributed by atoms with Gasteiger partial charge in [-0.15, -0.1) is 0 Å². The predicted molar refractivity (Wildman–Crippen MR) is 111 cm³/mol. The lowest BCUT2D eigenvalue weighted by atomic mass is 9.98. The summed E-state index contributed by atoms with van der Waals surface area (Å²) in [6, 6.07) is 12.9. The number of sulfonamides is 1. The Balaban J connectivity index is 1.49. The van der Waals surface area contributed by atoms with Gasteiger partial charge in [0, 0.05) is 35.1 Å². The summed E-state index contributed by atoms with van der Waals surface area (Å²) in [6.07, 6.45) is 0.972. The number of rotatable bonds is 5. The van der Waals surface area contributed by atoms with E-state index < -0.39 is 20.6 Å². The molecular formula is C19H17BrN4O5S. The van der Waals surface area contributed by atoms with Crippen LogP contribution in [0.3, 0.4) is 0 Å². The number of nitrogens with zero attached hydrogens (tertiary/aromatic N) is 4. The van der Waals surface area contributed by atoms with Gasteiger partial charge in [-0.1, -0.05) is 45.4 Å². The summed E-state index contributed by atoms with van der Waals surface area (Å²) in [6.45, 7) is 0.432. The third-order valence-corrected chi connectivity index (χ3v) is 7.45. The molecule has 156 valence electrons. The molecule has 2 heterocycles. The lowest BCUT2D eigenvalue weighted by molar-refractivity contribution is -0.387. The third-order valence-electron chi connectivity index (χ3n) is 5.01. The highest BCUT2D eigenvalue weighted by Crippen LogP contribution is 2.33. The second kappa shape index (κ2) is 8.25. The minimum Gasteiger partial charge on any atom is -0.339 e. The molecule has 4 rings (SSSR count). The number of para-hydroxylation sites is 1. The Morgan fingerprint density at radius 1 is 1.13 bits per heavy atom. The highest BCUT2D eigenvalue weighted by Gasteiger charge is 2.35. The lowest BCUT2D eigenvalue weighted by Crippen LogP contribution is -2.38. The minimum absolute atomic E-state index is 0.0735. The van der Waals surface area contributed by atoms with E-state index in [-0.39, 0.29) is 23.9 Å². The normalized spacial score (nSPS) is 15.9. The van der Waals surface area contributed by atoms with E-state index in [1.165, 1.54) is 28.6 Å². The summed E-state index contributed by atoms with van der Waals surface area (Å²) in [5.41, 5.74) is 0.394. The number of halogens is 1. The predicted octanol–water partition coefficient (Wildman–Crippen LogP) is 3.98. The summed E-state index contributed by atoms with van der Waals surface area (Å²) >= 11 is 3.41. The van der Waals surface area contributed by atoms with Gasteiger partial charge in [-0.05, 0) is 31.0 Å². The number of benzene rings is 2. The SMILES string of the molecule is O=[N+]([O-])c1ccccc1S(=O)(=O)N1CCC(c2nc(-c3cccc(Br)c3)no2)CC1. The highest BCUT2D eigenvalue weighted by atomic mass is 79.9. The molecule has 1 aliphatic heterocycles. The molecule has 0 atom stereocenters. The number of aromatic nitrogens is 2. The first-order chi connectivity index (χ1) is 14.4. The Morgan fingerprint density at radius 3 is 2.57 bits per heavy atom. The average molecular weight is 493 g/mol. The van der Waals surface area contributed by atoms with Gasteiger partial charge in [0.2, 0.25) is 21.7 Å². The highest BCUT2D eigenvalue weighted by molar-refractivity contribution is 9.10. The number of hydrogen-bond acceptors (Lipinski definition) is 7. The second-order valence-electron chi connectivity index (χ2n) is 6.87. The van der Waals surface area contributed by atoms with Crippen LogP contribution in [-0.2, 0) is 10.0 Å². The average Bonchev–Trinajstić information content (AvgIpc) is 3.24. The largest absolute Gasteiger partial charge is 0.339 e. The summed E-state index contributed by atoms with van der Waals surface area (Å²) in [7, 11) is -3.97. The van der Waals surface area contributed by atoms with Crippen molar-refractivity contribution in [2.24, 2.45) is 0 Å². The van der Waals surface area contributed by atoms with Crippen LogP contribution in [0.5, 0.6) is 0 Å². The minimum atomic E-state index is -3.97. The first kappa shape index (κ1) is 20.6. The van der Waals surface area contributed by atoms with Crippen LogP contribution < -0.4 is 0 Å². The Kier molecular flexibility index (Phi) is 5.67. The maximum Gasteiger partial charge on any atom is 0.289 e. The van der Waals surface area contributed by atoms with Crippen molar-refractivity contribution in [1.29, 1.82) is 0 Å². The third kappa shape index (κ3) is 4.00. The molecule has 11 heteroatoms. The van der Waals surface area contributed by atoms with Gasteiger partial charge in [0.25, 0.3) is 5.69 Å². The smallest absolute Gasteiger partial charge is 0.289 e. The van der Waals surface area contributed by atoms with Crippen LogP contribution >= 0.6 is 15.9 Å². The molecule has 9 nitrogen and oxygen atoms in total. The van der Waals surface area contributed by atoms with E-state index in [9.17, 15) is 18.5 Å². The second-order valence-corrected chi connectivity index (χ2v) is 9.69. The van der Waals surface area contributed by atoms with Gasteiger partial charge >= 0.3 is 0 Å². The Bertz CT molecular complexity index is 1190. The number of nitro groups is 1. The maximum absolute atomic E-state index is 12.9. The molecule has 1 aromatic heterocycles. The number of hydrogen-bond donors (Lipinski definition) is 0. The molecule has 0 unspecified atom stereocenters. The van der Waals surface area contributed by atoms with E-state index in [0.29, 0.717) is 24.6 Å². The maximum atomic E-state index is 12.9. The Hall–Kier alpha value is -2.63. The van der Waals surface area contributed by atoms with Crippen molar-refractivity contribution in [3.05, 3.63) is 69.0 Å². The zero-order valence-electron chi connectivity index (χ0n) is 15.6. The topological polar surface area (TPSA) is 119 Å². The molecule has 2 aromatic carbocycles. The zero-order chi connectivity index (χ0) is 21.3. The fourth-order valence-electron chi connectivity index (χ4n) is 3.45. The molecule has 1 fully saturated rings. The van der Waals surface area contributed by atoms with E-state index in [1.54, 1.807) is 0 Å². The first-order valence-electron chi connectivity index (χ1n) is 9.19. The van der Waals surface area contributed by atoms with Crippen molar-refractivity contribution in [2.75, 3.05) is 13.1 Å². The molecule has 0 aliphatic carbocycles. The van der Waals surface area contributed by atoms with E-state index in [0.717, 1.165) is 10.0 Å². The van der Waals surface area contributed by atoms with Crippen molar-refractivity contribution < 1.29 is 17.9 Å². The van der Waals surface area contributed by atoms with Crippen LogP contribution in [0.1, 0.15) is 24.7 Å². The molecule has 0 bridgehead atoms.